The van der Waals surface area contributed by atoms with Gasteiger partial charge in [0.05, 0.1) is 0 Å². The SMILES string of the molecule is Fc1cc(F)cc(CCNC2CCC2)c1. The van der Waals surface area contributed by atoms with Gasteiger partial charge in [0.2, 0.25) is 0 Å². The van der Waals surface area contributed by atoms with Crippen LogP contribution >= 0.6 is 0 Å². The van der Waals surface area contributed by atoms with Gasteiger partial charge in [-0.25, -0.2) is 8.78 Å². The molecule has 0 heterocycles. The lowest BCUT2D eigenvalue weighted by atomic mass is 9.93. The highest BCUT2D eigenvalue weighted by Crippen LogP contribution is 2.17. The predicted molar refractivity (Wildman–Crippen MR) is 55.7 cm³/mol. The van der Waals surface area contributed by atoms with E-state index in [4.69, 9.17) is 0 Å². The molecule has 1 aliphatic carbocycles. The Morgan fingerprint density at radius 1 is 1.13 bits per heavy atom. The molecule has 0 atom stereocenters. The van der Waals surface area contributed by atoms with Gasteiger partial charge in [-0.2, -0.15) is 0 Å². The van der Waals surface area contributed by atoms with Crippen LogP contribution in [0.5, 0.6) is 0 Å². The van der Waals surface area contributed by atoms with E-state index < -0.39 is 11.6 Å². The smallest absolute Gasteiger partial charge is 0.126 e. The number of halogens is 2. The Kier molecular flexibility index (Phi) is 3.31. The van der Waals surface area contributed by atoms with Crippen molar-refractivity contribution in [3.05, 3.63) is 35.4 Å². The van der Waals surface area contributed by atoms with Gasteiger partial charge in [-0.15, -0.1) is 0 Å². The summed E-state index contributed by atoms with van der Waals surface area (Å²) in [5.74, 6) is -0.984. The lowest BCUT2D eigenvalue weighted by Gasteiger charge is -2.26. The third-order valence-electron chi connectivity index (χ3n) is 2.87. The quantitative estimate of drug-likeness (QED) is 0.807. The van der Waals surface area contributed by atoms with Crippen LogP contribution in [-0.2, 0) is 6.42 Å². The summed E-state index contributed by atoms with van der Waals surface area (Å²) in [5, 5.41) is 3.36. The summed E-state index contributed by atoms with van der Waals surface area (Å²) >= 11 is 0. The molecule has 2 rings (SSSR count). The van der Waals surface area contributed by atoms with Gasteiger partial charge >= 0.3 is 0 Å². The molecule has 1 aromatic rings. The Morgan fingerprint density at radius 2 is 1.80 bits per heavy atom. The fourth-order valence-corrected chi connectivity index (χ4v) is 1.79. The Labute approximate surface area is 88.5 Å². The molecule has 1 saturated carbocycles. The van der Waals surface area contributed by atoms with Gasteiger partial charge in [-0.05, 0) is 43.5 Å². The highest BCUT2D eigenvalue weighted by atomic mass is 19.1. The Hall–Kier alpha value is -0.960. The van der Waals surface area contributed by atoms with Crippen LogP contribution in [0.4, 0.5) is 8.78 Å². The molecule has 15 heavy (non-hydrogen) atoms. The molecular weight excluding hydrogens is 196 g/mol. The molecule has 0 amide bonds. The first kappa shape index (κ1) is 10.6. The standard InChI is InChI=1S/C12H15F2N/c13-10-6-9(7-11(14)8-10)4-5-15-12-2-1-3-12/h6-8,12,15H,1-5H2. The zero-order chi connectivity index (χ0) is 10.7. The van der Waals surface area contributed by atoms with Crippen molar-refractivity contribution in [2.75, 3.05) is 6.54 Å². The minimum absolute atomic E-state index is 0.492. The number of benzene rings is 1. The molecule has 0 aliphatic heterocycles. The Morgan fingerprint density at radius 3 is 2.33 bits per heavy atom. The van der Waals surface area contributed by atoms with Crippen molar-refractivity contribution in [2.45, 2.75) is 31.7 Å². The number of nitrogens with one attached hydrogen (secondary N) is 1. The maximum Gasteiger partial charge on any atom is 0.126 e. The van der Waals surface area contributed by atoms with E-state index in [9.17, 15) is 8.78 Å². The van der Waals surface area contributed by atoms with Gasteiger partial charge in [0.1, 0.15) is 11.6 Å². The van der Waals surface area contributed by atoms with E-state index in [0.717, 1.165) is 18.2 Å². The maximum atomic E-state index is 12.8. The van der Waals surface area contributed by atoms with Crippen LogP contribution in [0.1, 0.15) is 24.8 Å². The summed E-state index contributed by atoms with van der Waals surface area (Å²) in [4.78, 5) is 0. The fourth-order valence-electron chi connectivity index (χ4n) is 1.79. The molecular formula is C12H15F2N. The third kappa shape index (κ3) is 2.99. The molecule has 0 unspecified atom stereocenters. The van der Waals surface area contributed by atoms with Crippen molar-refractivity contribution in [1.29, 1.82) is 0 Å². The fraction of sp³-hybridized carbons (Fsp3) is 0.500. The van der Waals surface area contributed by atoms with Gasteiger partial charge in [0.25, 0.3) is 0 Å². The second-order valence-electron chi connectivity index (χ2n) is 4.11. The first-order valence-corrected chi connectivity index (χ1v) is 5.42. The molecule has 1 aromatic carbocycles. The average Bonchev–Trinajstić information content (AvgIpc) is 2.07. The van der Waals surface area contributed by atoms with E-state index in [0.29, 0.717) is 12.5 Å². The largest absolute Gasteiger partial charge is 0.314 e. The number of hydrogen-bond acceptors (Lipinski definition) is 1. The predicted octanol–water partition coefficient (Wildman–Crippen LogP) is 2.65. The zero-order valence-electron chi connectivity index (χ0n) is 8.60. The zero-order valence-corrected chi connectivity index (χ0v) is 8.60. The summed E-state index contributed by atoms with van der Waals surface area (Å²) in [7, 11) is 0. The molecule has 0 radical (unpaired) electrons. The lowest BCUT2D eigenvalue weighted by Crippen LogP contribution is -2.36. The van der Waals surface area contributed by atoms with Crippen LogP contribution in [0.25, 0.3) is 0 Å². The minimum atomic E-state index is -0.492. The molecule has 1 N–H and O–H groups in total. The van der Waals surface area contributed by atoms with Crippen LogP contribution in [0.3, 0.4) is 0 Å². The molecule has 0 saturated heterocycles. The summed E-state index contributed by atoms with van der Waals surface area (Å²) in [6.07, 6.45) is 4.45. The van der Waals surface area contributed by atoms with E-state index in [-0.39, 0.29) is 0 Å². The van der Waals surface area contributed by atoms with Crippen LogP contribution in [0.15, 0.2) is 18.2 Å². The van der Waals surface area contributed by atoms with Crippen LogP contribution in [0.2, 0.25) is 0 Å². The van der Waals surface area contributed by atoms with Crippen LogP contribution < -0.4 is 5.32 Å². The average molecular weight is 211 g/mol. The van der Waals surface area contributed by atoms with E-state index in [1.54, 1.807) is 0 Å². The molecule has 1 aliphatic rings. The topological polar surface area (TPSA) is 12.0 Å². The van der Waals surface area contributed by atoms with Crippen LogP contribution in [-0.4, -0.2) is 12.6 Å². The first-order valence-electron chi connectivity index (χ1n) is 5.42. The van der Waals surface area contributed by atoms with Gasteiger partial charge in [-0.1, -0.05) is 6.42 Å². The van der Waals surface area contributed by atoms with Crippen molar-refractivity contribution < 1.29 is 8.78 Å². The lowest BCUT2D eigenvalue weighted by molar-refractivity contribution is 0.342. The number of rotatable bonds is 4. The third-order valence-corrected chi connectivity index (χ3v) is 2.87. The highest BCUT2D eigenvalue weighted by molar-refractivity contribution is 5.18. The van der Waals surface area contributed by atoms with E-state index in [2.05, 4.69) is 5.32 Å². The summed E-state index contributed by atoms with van der Waals surface area (Å²) in [5.41, 5.74) is 0.722. The van der Waals surface area contributed by atoms with Gasteiger partial charge < -0.3 is 5.32 Å². The van der Waals surface area contributed by atoms with Gasteiger partial charge in [0, 0.05) is 12.1 Å². The molecule has 82 valence electrons. The number of hydrogen-bond donors (Lipinski definition) is 1. The monoisotopic (exact) mass is 211 g/mol. The highest BCUT2D eigenvalue weighted by Gasteiger charge is 2.15. The molecule has 0 bridgehead atoms. The van der Waals surface area contributed by atoms with E-state index >= 15 is 0 Å². The maximum absolute atomic E-state index is 12.8. The molecule has 1 fully saturated rings. The summed E-state index contributed by atoms with van der Waals surface area (Å²) in [6, 6.07) is 4.32. The Balaban J connectivity index is 1.81. The molecule has 3 heteroatoms. The molecule has 0 spiro atoms. The molecule has 1 nitrogen and oxygen atoms in total. The minimum Gasteiger partial charge on any atom is -0.314 e. The Bertz CT molecular complexity index is 314. The summed E-state index contributed by atoms with van der Waals surface area (Å²) < 4.78 is 25.7. The van der Waals surface area contributed by atoms with Gasteiger partial charge in [0.15, 0.2) is 0 Å². The van der Waals surface area contributed by atoms with E-state index in [1.807, 2.05) is 0 Å². The van der Waals surface area contributed by atoms with Crippen molar-refractivity contribution >= 4 is 0 Å². The summed E-state index contributed by atoms with van der Waals surface area (Å²) in [6.45, 7) is 0.799. The second-order valence-corrected chi connectivity index (χ2v) is 4.11. The van der Waals surface area contributed by atoms with Crippen LogP contribution in [0, 0.1) is 11.6 Å². The van der Waals surface area contributed by atoms with Crippen molar-refractivity contribution in [3.63, 3.8) is 0 Å². The van der Waals surface area contributed by atoms with Crippen molar-refractivity contribution in [1.82, 2.24) is 5.32 Å². The van der Waals surface area contributed by atoms with Crippen molar-refractivity contribution in [2.24, 2.45) is 0 Å². The van der Waals surface area contributed by atoms with Gasteiger partial charge in [-0.3, -0.25) is 0 Å². The first-order chi connectivity index (χ1) is 7.24. The molecule has 0 aromatic heterocycles. The second kappa shape index (κ2) is 4.71. The van der Waals surface area contributed by atoms with E-state index in [1.165, 1.54) is 31.4 Å². The normalized spacial score (nSPS) is 16.4. The van der Waals surface area contributed by atoms with Crippen molar-refractivity contribution in [3.8, 4) is 0 Å².